The number of hydrogen-bond donors (Lipinski definition) is 1. The van der Waals surface area contributed by atoms with Crippen LogP contribution in [0.3, 0.4) is 0 Å². The summed E-state index contributed by atoms with van der Waals surface area (Å²) in [4.78, 5) is 14.4. The number of rotatable bonds is 6. The summed E-state index contributed by atoms with van der Waals surface area (Å²) in [5.74, 6) is -0.0534. The predicted octanol–water partition coefficient (Wildman–Crippen LogP) is 2.65. The molecule has 6 nitrogen and oxygen atoms in total. The van der Waals surface area contributed by atoms with Crippen molar-refractivity contribution >= 4 is 21.6 Å². The van der Waals surface area contributed by atoms with Crippen LogP contribution >= 0.6 is 0 Å². The van der Waals surface area contributed by atoms with E-state index in [0.717, 1.165) is 29.7 Å². The first kappa shape index (κ1) is 20.5. The molecule has 0 radical (unpaired) electrons. The van der Waals surface area contributed by atoms with Gasteiger partial charge in [0.1, 0.15) is 0 Å². The second-order valence-electron chi connectivity index (χ2n) is 7.28. The van der Waals surface area contributed by atoms with Crippen LogP contribution in [-0.4, -0.2) is 62.5 Å². The molecule has 1 aliphatic rings. The van der Waals surface area contributed by atoms with E-state index in [1.807, 2.05) is 42.5 Å². The maximum absolute atomic E-state index is 12.4. The standard InChI is InChI=1S/C21H27N3O3S/c1-23(28(2,26)27)20-12-14-24(15-13-20)16-21(25)22-19-10-8-18(9-11-19)17-6-4-3-5-7-17/h3-11,20H,12-16H2,1-2H3,(H,22,25). The van der Waals surface area contributed by atoms with Crippen molar-refractivity contribution in [1.29, 1.82) is 0 Å². The molecule has 2 aromatic carbocycles. The van der Waals surface area contributed by atoms with Crippen LogP contribution in [-0.2, 0) is 14.8 Å². The van der Waals surface area contributed by atoms with Crippen molar-refractivity contribution in [3.63, 3.8) is 0 Å². The van der Waals surface area contributed by atoms with Crippen LogP contribution < -0.4 is 5.32 Å². The Balaban J connectivity index is 1.49. The summed E-state index contributed by atoms with van der Waals surface area (Å²) in [6.07, 6.45) is 2.71. The molecule has 3 rings (SSSR count). The highest BCUT2D eigenvalue weighted by atomic mass is 32.2. The van der Waals surface area contributed by atoms with Crippen molar-refractivity contribution in [2.24, 2.45) is 0 Å². The normalized spacial score (nSPS) is 16.2. The Kier molecular flexibility index (Phi) is 6.49. The lowest BCUT2D eigenvalue weighted by molar-refractivity contribution is -0.117. The average Bonchev–Trinajstić information content (AvgIpc) is 2.68. The number of likely N-dealkylation sites (tertiary alicyclic amines) is 1. The zero-order chi connectivity index (χ0) is 20.1. The van der Waals surface area contributed by atoms with Gasteiger partial charge in [-0.3, -0.25) is 9.69 Å². The molecular formula is C21H27N3O3S. The zero-order valence-corrected chi connectivity index (χ0v) is 17.2. The number of sulfonamides is 1. The van der Waals surface area contributed by atoms with E-state index in [1.165, 1.54) is 10.6 Å². The fourth-order valence-electron chi connectivity index (χ4n) is 3.49. The summed E-state index contributed by atoms with van der Waals surface area (Å²) in [5.41, 5.74) is 3.02. The number of carbonyl (C=O) groups is 1. The average molecular weight is 402 g/mol. The Labute approximate surface area is 167 Å². The first-order chi connectivity index (χ1) is 13.3. The van der Waals surface area contributed by atoms with Crippen molar-refractivity contribution in [1.82, 2.24) is 9.21 Å². The van der Waals surface area contributed by atoms with Gasteiger partial charge in [0, 0.05) is 31.9 Å². The van der Waals surface area contributed by atoms with Gasteiger partial charge in [0.2, 0.25) is 15.9 Å². The van der Waals surface area contributed by atoms with Crippen LogP contribution in [0.25, 0.3) is 11.1 Å². The largest absolute Gasteiger partial charge is 0.325 e. The number of hydrogen-bond acceptors (Lipinski definition) is 4. The molecule has 1 saturated heterocycles. The molecule has 1 amide bonds. The van der Waals surface area contributed by atoms with Crippen LogP contribution in [0.1, 0.15) is 12.8 Å². The summed E-state index contributed by atoms with van der Waals surface area (Å²) >= 11 is 0. The third kappa shape index (κ3) is 5.41. The lowest BCUT2D eigenvalue weighted by Gasteiger charge is -2.35. The van der Waals surface area contributed by atoms with E-state index in [1.54, 1.807) is 7.05 Å². The van der Waals surface area contributed by atoms with Crippen molar-refractivity contribution in [3.8, 4) is 11.1 Å². The molecule has 1 N–H and O–H groups in total. The van der Waals surface area contributed by atoms with Gasteiger partial charge < -0.3 is 5.32 Å². The molecule has 0 aromatic heterocycles. The fraction of sp³-hybridized carbons (Fsp3) is 0.381. The third-order valence-electron chi connectivity index (χ3n) is 5.24. The first-order valence-electron chi connectivity index (χ1n) is 9.43. The molecule has 0 bridgehead atoms. The molecule has 0 aliphatic carbocycles. The minimum Gasteiger partial charge on any atom is -0.325 e. The quantitative estimate of drug-likeness (QED) is 0.808. The lowest BCUT2D eigenvalue weighted by atomic mass is 10.1. The van der Waals surface area contributed by atoms with Gasteiger partial charge in [-0.05, 0) is 36.1 Å². The number of nitrogens with one attached hydrogen (secondary N) is 1. The van der Waals surface area contributed by atoms with Crippen molar-refractivity contribution in [2.75, 3.05) is 38.3 Å². The molecule has 150 valence electrons. The second-order valence-corrected chi connectivity index (χ2v) is 9.32. The molecule has 1 fully saturated rings. The van der Waals surface area contributed by atoms with Crippen LogP contribution in [0.15, 0.2) is 54.6 Å². The topological polar surface area (TPSA) is 69.7 Å². The van der Waals surface area contributed by atoms with Crippen molar-refractivity contribution in [3.05, 3.63) is 54.6 Å². The monoisotopic (exact) mass is 401 g/mol. The first-order valence-corrected chi connectivity index (χ1v) is 11.3. The minimum atomic E-state index is -3.17. The summed E-state index contributed by atoms with van der Waals surface area (Å²) in [6, 6.07) is 17.9. The highest BCUT2D eigenvalue weighted by molar-refractivity contribution is 7.88. The maximum atomic E-state index is 12.4. The van der Waals surface area contributed by atoms with Crippen LogP contribution in [0, 0.1) is 0 Å². The number of carbonyl (C=O) groups excluding carboxylic acids is 1. The molecule has 0 atom stereocenters. The molecule has 7 heteroatoms. The van der Waals surface area contributed by atoms with Gasteiger partial charge in [0.15, 0.2) is 0 Å². The van der Waals surface area contributed by atoms with E-state index in [2.05, 4.69) is 22.3 Å². The van der Waals surface area contributed by atoms with Crippen LogP contribution in [0.4, 0.5) is 5.69 Å². The number of benzene rings is 2. The van der Waals surface area contributed by atoms with E-state index in [-0.39, 0.29) is 11.9 Å². The van der Waals surface area contributed by atoms with Gasteiger partial charge in [0.05, 0.1) is 12.8 Å². The SMILES string of the molecule is CN(C1CCN(CC(=O)Nc2ccc(-c3ccccc3)cc2)CC1)S(C)(=O)=O. The van der Waals surface area contributed by atoms with Gasteiger partial charge >= 0.3 is 0 Å². The zero-order valence-electron chi connectivity index (χ0n) is 16.3. The Bertz CT molecular complexity index is 890. The second kappa shape index (κ2) is 8.86. The van der Waals surface area contributed by atoms with Gasteiger partial charge in [-0.15, -0.1) is 0 Å². The molecule has 2 aromatic rings. The molecule has 28 heavy (non-hydrogen) atoms. The lowest BCUT2D eigenvalue weighted by Crippen LogP contribution is -2.47. The maximum Gasteiger partial charge on any atom is 0.238 e. The van der Waals surface area contributed by atoms with Crippen LogP contribution in [0.2, 0.25) is 0 Å². The summed E-state index contributed by atoms with van der Waals surface area (Å²) in [6.45, 7) is 1.74. The number of amides is 1. The van der Waals surface area contributed by atoms with Crippen molar-refractivity contribution in [2.45, 2.75) is 18.9 Å². The van der Waals surface area contributed by atoms with Gasteiger partial charge in [-0.25, -0.2) is 12.7 Å². The molecule has 1 heterocycles. The Morgan fingerprint density at radius 2 is 1.61 bits per heavy atom. The van der Waals surface area contributed by atoms with Gasteiger partial charge in [-0.1, -0.05) is 42.5 Å². The summed E-state index contributed by atoms with van der Waals surface area (Å²) < 4.78 is 24.8. The van der Waals surface area contributed by atoms with Gasteiger partial charge in [0.25, 0.3) is 0 Å². The van der Waals surface area contributed by atoms with Gasteiger partial charge in [-0.2, -0.15) is 0 Å². The molecule has 0 spiro atoms. The molecule has 1 aliphatic heterocycles. The number of anilines is 1. The van der Waals surface area contributed by atoms with E-state index in [0.29, 0.717) is 19.6 Å². The summed E-state index contributed by atoms with van der Waals surface area (Å²) in [5, 5.41) is 2.94. The highest BCUT2D eigenvalue weighted by Gasteiger charge is 2.27. The Morgan fingerprint density at radius 1 is 1.04 bits per heavy atom. The fourth-order valence-corrected chi connectivity index (χ4v) is 4.24. The third-order valence-corrected chi connectivity index (χ3v) is 6.58. The van der Waals surface area contributed by atoms with E-state index in [4.69, 9.17) is 0 Å². The van der Waals surface area contributed by atoms with Crippen molar-refractivity contribution < 1.29 is 13.2 Å². The van der Waals surface area contributed by atoms with E-state index >= 15 is 0 Å². The smallest absolute Gasteiger partial charge is 0.238 e. The van der Waals surface area contributed by atoms with E-state index in [9.17, 15) is 13.2 Å². The summed E-state index contributed by atoms with van der Waals surface area (Å²) in [7, 11) is -1.55. The molecule has 0 saturated carbocycles. The Hall–Kier alpha value is -2.22. The number of piperidine rings is 1. The minimum absolute atomic E-state index is 0.0137. The predicted molar refractivity (Wildman–Crippen MR) is 113 cm³/mol. The van der Waals surface area contributed by atoms with E-state index < -0.39 is 10.0 Å². The number of nitrogens with zero attached hydrogens (tertiary/aromatic N) is 2. The van der Waals surface area contributed by atoms with Crippen LogP contribution in [0.5, 0.6) is 0 Å². The molecule has 0 unspecified atom stereocenters. The highest BCUT2D eigenvalue weighted by Crippen LogP contribution is 2.21. The Morgan fingerprint density at radius 3 is 2.18 bits per heavy atom. The molecular weight excluding hydrogens is 374 g/mol.